The lowest BCUT2D eigenvalue weighted by Gasteiger charge is -2.37. The highest BCUT2D eigenvalue weighted by atomic mass is 79.9. The molecular weight excluding hydrogens is 416 g/mol. The van der Waals surface area contributed by atoms with Crippen LogP contribution in [0.25, 0.3) is 5.65 Å². The molecule has 2 unspecified atom stereocenters. The lowest BCUT2D eigenvalue weighted by atomic mass is 9.91. The molecule has 0 saturated carbocycles. The van der Waals surface area contributed by atoms with E-state index in [2.05, 4.69) is 36.6 Å². The lowest BCUT2D eigenvalue weighted by Crippen LogP contribution is -2.62. The predicted octanol–water partition coefficient (Wildman–Crippen LogP) is -3.10. The first-order chi connectivity index (χ1) is 12.0. The zero-order valence-corrected chi connectivity index (χ0v) is 14.8. The molecule has 0 spiro atoms. The molecule has 0 radical (unpaired) electrons. The smallest absolute Gasteiger partial charge is 0.333 e. The van der Waals surface area contributed by atoms with Crippen molar-refractivity contribution in [1.82, 2.24) is 19.9 Å². The number of amides is 1. The quantitative estimate of drug-likeness (QED) is 0.224. The van der Waals surface area contributed by atoms with Crippen LogP contribution in [0.1, 0.15) is 10.4 Å². The number of nitrogens with two attached hydrogens (primary N) is 1. The number of imidazole rings is 1. The Labute approximate surface area is 154 Å². The van der Waals surface area contributed by atoms with Gasteiger partial charge in [0.2, 0.25) is 0 Å². The van der Waals surface area contributed by atoms with Crippen molar-refractivity contribution in [2.45, 2.75) is 17.8 Å². The summed E-state index contributed by atoms with van der Waals surface area (Å²) in [7, 11) is 0. The van der Waals surface area contributed by atoms with Crippen LogP contribution in [0.4, 0.5) is 5.69 Å². The number of carbonyl (C=O) groups is 1. The number of fused-ring (bicyclic) bond motifs is 1. The van der Waals surface area contributed by atoms with Crippen molar-refractivity contribution in [3.05, 3.63) is 22.6 Å². The van der Waals surface area contributed by atoms with Gasteiger partial charge in [0.25, 0.3) is 11.7 Å². The maximum atomic E-state index is 11.7. The summed E-state index contributed by atoms with van der Waals surface area (Å²) in [4.78, 5) is 15.9. The number of aromatic nitrogens is 3. The van der Waals surface area contributed by atoms with E-state index in [1.54, 1.807) is 0 Å². The maximum Gasteiger partial charge on any atom is 0.333 e. The summed E-state index contributed by atoms with van der Waals surface area (Å²) in [6.07, 6.45) is 2.76. The van der Waals surface area contributed by atoms with Crippen LogP contribution in [0.3, 0.4) is 0 Å². The molecule has 2 aromatic rings. The van der Waals surface area contributed by atoms with Crippen LogP contribution >= 0.6 is 15.9 Å². The van der Waals surface area contributed by atoms with Crippen molar-refractivity contribution in [2.24, 2.45) is 11.7 Å². The van der Waals surface area contributed by atoms with Gasteiger partial charge >= 0.3 is 5.97 Å². The molecule has 0 bridgehead atoms. The Morgan fingerprint density at radius 1 is 1.35 bits per heavy atom. The van der Waals surface area contributed by atoms with Crippen molar-refractivity contribution >= 4 is 33.2 Å². The Morgan fingerprint density at radius 3 is 2.65 bits per heavy atom. The molecule has 1 fully saturated rings. The number of primary amides is 1. The van der Waals surface area contributed by atoms with Gasteiger partial charge in [0.15, 0.2) is 5.65 Å². The number of aliphatic hydroxyl groups is 5. The Hall–Kier alpha value is -1.87. The summed E-state index contributed by atoms with van der Waals surface area (Å²) in [5, 5.41) is 57.5. The van der Waals surface area contributed by atoms with Crippen molar-refractivity contribution in [1.29, 1.82) is 0 Å². The van der Waals surface area contributed by atoms with E-state index < -0.39 is 29.6 Å². The normalized spacial score (nSPS) is 21.3. The van der Waals surface area contributed by atoms with Crippen LogP contribution < -0.4 is 16.4 Å². The van der Waals surface area contributed by atoms with Gasteiger partial charge in [0.05, 0.1) is 29.6 Å². The van der Waals surface area contributed by atoms with Gasteiger partial charge in [0, 0.05) is 19.1 Å². The van der Waals surface area contributed by atoms with Gasteiger partial charge in [-0.1, -0.05) is 0 Å². The van der Waals surface area contributed by atoms with Crippen molar-refractivity contribution in [2.75, 3.05) is 18.4 Å². The Balaban J connectivity index is 2.02. The van der Waals surface area contributed by atoms with Crippen LogP contribution in [-0.2, 0) is 0 Å². The molecule has 2 aromatic heterocycles. The first-order valence-corrected chi connectivity index (χ1v) is 8.24. The van der Waals surface area contributed by atoms with E-state index >= 15 is 0 Å². The Bertz CT molecular complexity index is 849. The second-order valence-electron chi connectivity index (χ2n) is 6.01. The highest BCUT2D eigenvalue weighted by molar-refractivity contribution is 9.10. The maximum absolute atomic E-state index is 11.7. The van der Waals surface area contributed by atoms with Crippen molar-refractivity contribution in [3.8, 4) is 0 Å². The van der Waals surface area contributed by atoms with E-state index in [-0.39, 0.29) is 30.0 Å². The lowest BCUT2D eigenvalue weighted by molar-refractivity contribution is -0.458. The molecule has 3 rings (SSSR count). The highest BCUT2D eigenvalue weighted by Crippen LogP contribution is 2.32. The van der Waals surface area contributed by atoms with Crippen LogP contribution in [0.5, 0.6) is 0 Å². The molecule has 2 atom stereocenters. The zero-order valence-electron chi connectivity index (χ0n) is 13.2. The monoisotopic (exact) mass is 432 g/mol. The minimum Gasteiger partial charge on any atom is -0.377 e. The fraction of sp³-hybridized carbons (Fsp3) is 0.462. The summed E-state index contributed by atoms with van der Waals surface area (Å²) < 4.78 is 1.81. The van der Waals surface area contributed by atoms with E-state index in [1.165, 1.54) is 16.9 Å². The van der Waals surface area contributed by atoms with Crippen LogP contribution in [-0.4, -0.2) is 76.9 Å². The first-order valence-electron chi connectivity index (χ1n) is 7.45. The van der Waals surface area contributed by atoms with Gasteiger partial charge in [-0.3, -0.25) is 4.79 Å². The van der Waals surface area contributed by atoms with Gasteiger partial charge in [-0.15, -0.1) is 0 Å². The van der Waals surface area contributed by atoms with Gasteiger partial charge in [-0.2, -0.15) is 5.10 Å². The van der Waals surface area contributed by atoms with E-state index in [1.807, 2.05) is 0 Å². The van der Waals surface area contributed by atoms with Gasteiger partial charge in [-0.05, 0) is 15.9 Å². The predicted molar refractivity (Wildman–Crippen MR) is 89.5 cm³/mol. The third-order valence-electron chi connectivity index (χ3n) is 4.28. The van der Waals surface area contributed by atoms with Crippen LogP contribution in [0.2, 0.25) is 0 Å². The molecule has 0 aromatic carbocycles. The second kappa shape index (κ2) is 6.38. The number of hydrogen-bond acceptors (Lipinski definition) is 10. The number of rotatable bonds is 5. The molecule has 12 nitrogen and oxygen atoms in total. The van der Waals surface area contributed by atoms with E-state index in [0.29, 0.717) is 4.60 Å². The summed E-state index contributed by atoms with van der Waals surface area (Å²) in [5.41, 5.74) is 5.79. The van der Waals surface area contributed by atoms with Crippen LogP contribution in [0, 0.1) is 5.92 Å². The molecule has 1 aliphatic heterocycles. The fourth-order valence-electron chi connectivity index (χ4n) is 2.92. The fourth-order valence-corrected chi connectivity index (χ4v) is 3.29. The molecule has 3 heterocycles. The molecule has 26 heavy (non-hydrogen) atoms. The average Bonchev–Trinajstić information content (AvgIpc) is 3.11. The Kier molecular flexibility index (Phi) is 4.64. The molecule has 0 aliphatic carbocycles. The number of anilines is 1. The van der Waals surface area contributed by atoms with Gasteiger partial charge in [0.1, 0.15) is 4.60 Å². The summed E-state index contributed by atoms with van der Waals surface area (Å²) in [5.74, 6) is -9.04. The highest BCUT2D eigenvalue weighted by Gasteiger charge is 2.56. The molecule has 1 aliphatic rings. The van der Waals surface area contributed by atoms with Gasteiger partial charge in [-0.25, -0.2) is 9.50 Å². The summed E-state index contributed by atoms with van der Waals surface area (Å²) in [6, 6.07) is -0.824. The van der Waals surface area contributed by atoms with Crippen molar-refractivity contribution in [3.63, 3.8) is 0 Å². The number of carbonyl (C=O) groups excluding carboxylic acids is 1. The zero-order chi connectivity index (χ0) is 19.3. The number of nitrogens with one attached hydrogen (secondary N) is 2. The minimum absolute atomic E-state index is 0.00554. The van der Waals surface area contributed by atoms with Gasteiger partial charge < -0.3 is 41.9 Å². The third-order valence-corrected chi connectivity index (χ3v) is 4.66. The average molecular weight is 433 g/mol. The summed E-state index contributed by atoms with van der Waals surface area (Å²) >= 11 is 3.20. The molecule has 13 heteroatoms. The molecule has 1 amide bonds. The number of nitrogens with zero attached hydrogens (tertiary/aromatic N) is 3. The molecule has 142 valence electrons. The summed E-state index contributed by atoms with van der Waals surface area (Å²) in [6.45, 7) is 0.109. The van der Waals surface area contributed by atoms with E-state index in [0.717, 1.165) is 0 Å². The molecular formula is C13H17BrN6O6. The first kappa shape index (κ1) is 18.9. The molecule has 9 N–H and O–H groups in total. The Morgan fingerprint density at radius 2 is 2.04 bits per heavy atom. The van der Waals surface area contributed by atoms with Crippen molar-refractivity contribution < 1.29 is 30.3 Å². The SMILES string of the molecule is NC(=O)c1cnn2cc(Br)nc2c1NC1CNCC1C(O)(O)C(O)(O)O. The number of hydrogen-bond donors (Lipinski definition) is 8. The number of halogens is 1. The second-order valence-corrected chi connectivity index (χ2v) is 6.82. The standard InChI is InChI=1S/C13H17BrN6O6/c14-8-4-20-11(19-8)9(5(1-17-20)10(15)21)18-7-3-16-2-6(7)12(22,23)13(24,25)26/h1,4,6-7,16,18,22-26H,2-3H2,(H2,15,21). The van der Waals surface area contributed by atoms with Crippen LogP contribution in [0.15, 0.2) is 17.0 Å². The largest absolute Gasteiger partial charge is 0.377 e. The van der Waals surface area contributed by atoms with E-state index in [9.17, 15) is 30.3 Å². The molecule has 1 saturated heterocycles. The topological polar surface area (TPSA) is 198 Å². The third kappa shape index (κ3) is 3.14. The van der Waals surface area contributed by atoms with E-state index in [4.69, 9.17) is 5.73 Å². The minimum atomic E-state index is -3.75.